The molecule has 3 saturated carbocycles. The van der Waals surface area contributed by atoms with Gasteiger partial charge in [-0.15, -0.1) is 0 Å². The number of benzene rings is 1. The summed E-state index contributed by atoms with van der Waals surface area (Å²) in [5.74, 6) is 4.11. The van der Waals surface area contributed by atoms with E-state index in [1.54, 1.807) is 0 Å². The minimum atomic E-state index is -0.144. The van der Waals surface area contributed by atoms with Crippen molar-refractivity contribution in [3.05, 3.63) is 29.8 Å². The van der Waals surface area contributed by atoms with Crippen LogP contribution in [0.25, 0.3) is 0 Å². The summed E-state index contributed by atoms with van der Waals surface area (Å²) in [6.07, 6.45) is 10.5. The molecule has 150 valence electrons. The lowest BCUT2D eigenvalue weighted by atomic mass is 9.72. The molecule has 6 atom stereocenters. The molecule has 0 saturated heterocycles. The van der Waals surface area contributed by atoms with Crippen molar-refractivity contribution < 1.29 is 9.47 Å². The Bertz CT molecular complexity index is 626. The largest absolute Gasteiger partial charge is 0.465 e. The summed E-state index contributed by atoms with van der Waals surface area (Å²) in [4.78, 5) is 0. The minimum Gasteiger partial charge on any atom is -0.465 e. The van der Waals surface area contributed by atoms with Gasteiger partial charge in [-0.2, -0.15) is 0 Å². The van der Waals surface area contributed by atoms with Crippen molar-refractivity contribution in [3.8, 4) is 5.75 Å². The highest BCUT2D eigenvalue weighted by atomic mass is 127. The first-order valence-corrected chi connectivity index (χ1v) is 12.3. The summed E-state index contributed by atoms with van der Waals surface area (Å²) < 4.78 is 13.8. The van der Waals surface area contributed by atoms with Crippen molar-refractivity contribution in [2.45, 2.75) is 88.0 Å². The standard InChI is InChI=1S/C24H35IO2/c1-4-22(25)17-8-10-20(11-9-17)26-23(16(2)3)27-24-13-12-19(15-24)21-7-5-6-18(21)14-24/h8-11,16,18-19,21-23H,4-7,12-15H2,1-3H3. The third kappa shape index (κ3) is 4.19. The van der Waals surface area contributed by atoms with E-state index in [1.807, 2.05) is 0 Å². The van der Waals surface area contributed by atoms with Gasteiger partial charge in [0.1, 0.15) is 5.75 Å². The Morgan fingerprint density at radius 3 is 2.44 bits per heavy atom. The summed E-state index contributed by atoms with van der Waals surface area (Å²) in [6, 6.07) is 8.67. The van der Waals surface area contributed by atoms with Crippen LogP contribution in [0.4, 0.5) is 0 Å². The first kappa shape index (κ1) is 20.0. The molecule has 0 aromatic heterocycles. The smallest absolute Gasteiger partial charge is 0.202 e. The van der Waals surface area contributed by atoms with Crippen molar-refractivity contribution in [2.24, 2.45) is 23.7 Å². The summed E-state index contributed by atoms with van der Waals surface area (Å²) in [6.45, 7) is 6.68. The molecule has 0 N–H and O–H groups in total. The van der Waals surface area contributed by atoms with Gasteiger partial charge in [-0.3, -0.25) is 0 Å². The molecule has 2 nitrogen and oxygen atoms in total. The van der Waals surface area contributed by atoms with Gasteiger partial charge in [0.05, 0.1) is 5.60 Å². The summed E-state index contributed by atoms with van der Waals surface area (Å²) >= 11 is 2.51. The van der Waals surface area contributed by atoms with Crippen LogP contribution in [-0.4, -0.2) is 11.9 Å². The van der Waals surface area contributed by atoms with Gasteiger partial charge in [0.25, 0.3) is 0 Å². The Morgan fingerprint density at radius 1 is 1.07 bits per heavy atom. The molecule has 0 radical (unpaired) electrons. The van der Waals surface area contributed by atoms with Gasteiger partial charge < -0.3 is 9.47 Å². The maximum atomic E-state index is 6.82. The highest BCUT2D eigenvalue weighted by Crippen LogP contribution is 2.58. The third-order valence-electron chi connectivity index (χ3n) is 7.33. The van der Waals surface area contributed by atoms with Crippen LogP contribution in [0, 0.1) is 23.7 Å². The van der Waals surface area contributed by atoms with E-state index in [0.29, 0.717) is 9.84 Å². The monoisotopic (exact) mass is 482 g/mol. The Balaban J connectivity index is 1.44. The van der Waals surface area contributed by atoms with Gasteiger partial charge in [-0.05, 0) is 74.0 Å². The van der Waals surface area contributed by atoms with Crippen molar-refractivity contribution in [1.82, 2.24) is 0 Å². The predicted molar refractivity (Wildman–Crippen MR) is 119 cm³/mol. The van der Waals surface area contributed by atoms with Crippen molar-refractivity contribution in [1.29, 1.82) is 0 Å². The fraction of sp³-hybridized carbons (Fsp3) is 0.750. The predicted octanol–water partition coefficient (Wildman–Crippen LogP) is 7.31. The topological polar surface area (TPSA) is 18.5 Å². The van der Waals surface area contributed by atoms with E-state index in [0.717, 1.165) is 29.9 Å². The Morgan fingerprint density at radius 2 is 1.78 bits per heavy atom. The lowest BCUT2D eigenvalue weighted by Gasteiger charge is -2.42. The highest BCUT2D eigenvalue weighted by molar-refractivity contribution is 14.1. The van der Waals surface area contributed by atoms with Gasteiger partial charge >= 0.3 is 0 Å². The van der Waals surface area contributed by atoms with E-state index in [9.17, 15) is 0 Å². The molecule has 3 aliphatic carbocycles. The molecular formula is C24H35IO2. The minimum absolute atomic E-state index is 0.0839. The van der Waals surface area contributed by atoms with E-state index in [-0.39, 0.29) is 11.9 Å². The SMILES string of the molecule is CCC(I)c1ccc(OC(OC23CCC(C2)C2CCCC2C3)C(C)C)cc1. The van der Waals surface area contributed by atoms with E-state index in [2.05, 4.69) is 67.6 Å². The molecule has 1 aromatic rings. The lowest BCUT2D eigenvalue weighted by molar-refractivity contribution is -0.203. The second kappa shape index (κ2) is 8.22. The van der Waals surface area contributed by atoms with Crippen molar-refractivity contribution >= 4 is 22.6 Å². The fourth-order valence-corrected chi connectivity index (χ4v) is 6.34. The fourth-order valence-electron chi connectivity index (χ4n) is 5.92. The molecule has 0 spiro atoms. The Labute approximate surface area is 178 Å². The van der Waals surface area contributed by atoms with E-state index in [1.165, 1.54) is 50.5 Å². The zero-order chi connectivity index (χ0) is 19.0. The maximum Gasteiger partial charge on any atom is 0.202 e. The molecule has 2 bridgehead atoms. The van der Waals surface area contributed by atoms with Crippen LogP contribution in [-0.2, 0) is 4.74 Å². The van der Waals surface area contributed by atoms with E-state index in [4.69, 9.17) is 9.47 Å². The lowest BCUT2D eigenvalue weighted by Crippen LogP contribution is -2.44. The van der Waals surface area contributed by atoms with Gasteiger partial charge in [-0.25, -0.2) is 0 Å². The average Bonchev–Trinajstić information content (AvgIpc) is 3.27. The van der Waals surface area contributed by atoms with Crippen LogP contribution >= 0.6 is 22.6 Å². The molecular weight excluding hydrogens is 447 g/mol. The number of fused-ring (bicyclic) bond motifs is 4. The molecule has 4 rings (SSSR count). The van der Waals surface area contributed by atoms with Crippen LogP contribution < -0.4 is 4.74 Å². The van der Waals surface area contributed by atoms with Gasteiger partial charge in [0.2, 0.25) is 6.29 Å². The summed E-state index contributed by atoms with van der Waals surface area (Å²) in [5.41, 5.74) is 1.46. The highest BCUT2D eigenvalue weighted by Gasteiger charge is 2.53. The second-order valence-electron chi connectivity index (χ2n) is 9.54. The summed E-state index contributed by atoms with van der Waals surface area (Å²) in [5, 5.41) is 0. The molecule has 3 fully saturated rings. The molecule has 6 unspecified atom stereocenters. The van der Waals surface area contributed by atoms with E-state index < -0.39 is 0 Å². The molecule has 3 aliphatic rings. The Hall–Kier alpha value is -0.290. The molecule has 1 aromatic carbocycles. The number of alkyl halides is 1. The number of halogens is 1. The molecule has 0 aliphatic heterocycles. The second-order valence-corrected chi connectivity index (χ2v) is 11.0. The zero-order valence-corrected chi connectivity index (χ0v) is 19.3. The normalized spacial score (nSPS) is 34.5. The average molecular weight is 482 g/mol. The molecule has 0 amide bonds. The number of hydrogen-bond donors (Lipinski definition) is 0. The van der Waals surface area contributed by atoms with Gasteiger partial charge in [-0.1, -0.05) is 68.3 Å². The van der Waals surface area contributed by atoms with Crippen molar-refractivity contribution in [3.63, 3.8) is 0 Å². The number of ether oxygens (including phenoxy) is 2. The summed E-state index contributed by atoms with van der Waals surface area (Å²) in [7, 11) is 0. The van der Waals surface area contributed by atoms with Crippen LogP contribution in [0.2, 0.25) is 0 Å². The molecule has 0 heterocycles. The zero-order valence-electron chi connectivity index (χ0n) is 17.1. The van der Waals surface area contributed by atoms with Gasteiger partial charge in [0.15, 0.2) is 0 Å². The van der Waals surface area contributed by atoms with Crippen LogP contribution in [0.1, 0.15) is 81.6 Å². The van der Waals surface area contributed by atoms with Gasteiger partial charge in [0, 0.05) is 9.84 Å². The maximum absolute atomic E-state index is 6.82. The quantitative estimate of drug-likeness (QED) is 0.231. The van der Waals surface area contributed by atoms with Crippen molar-refractivity contribution in [2.75, 3.05) is 0 Å². The van der Waals surface area contributed by atoms with Crippen LogP contribution in [0.15, 0.2) is 24.3 Å². The first-order chi connectivity index (χ1) is 13.0. The third-order valence-corrected chi connectivity index (χ3v) is 8.93. The van der Waals surface area contributed by atoms with E-state index >= 15 is 0 Å². The number of hydrogen-bond acceptors (Lipinski definition) is 2. The molecule has 27 heavy (non-hydrogen) atoms. The van der Waals surface area contributed by atoms with Crippen LogP contribution in [0.3, 0.4) is 0 Å². The van der Waals surface area contributed by atoms with Crippen LogP contribution in [0.5, 0.6) is 5.75 Å². The Kier molecular flexibility index (Phi) is 6.09. The molecule has 3 heteroatoms. The number of rotatable bonds is 7. The first-order valence-electron chi connectivity index (χ1n) is 11.1.